The Bertz CT molecular complexity index is 1330. The van der Waals surface area contributed by atoms with Crippen LogP contribution in [0.4, 0.5) is 0 Å². The van der Waals surface area contributed by atoms with Crippen molar-refractivity contribution < 1.29 is 4.79 Å². The molecule has 0 aliphatic heterocycles. The molecule has 0 unspecified atom stereocenters. The number of rotatable bonds is 6. The summed E-state index contributed by atoms with van der Waals surface area (Å²) in [6.07, 6.45) is 2.45. The van der Waals surface area contributed by atoms with Crippen LogP contribution in [0.1, 0.15) is 10.4 Å². The number of carbonyl (C=O) groups excluding carboxylic acids is 1. The summed E-state index contributed by atoms with van der Waals surface area (Å²) in [4.78, 5) is 14.5. The van der Waals surface area contributed by atoms with Crippen molar-refractivity contribution in [3.63, 3.8) is 0 Å². The molecule has 0 spiro atoms. The number of nitriles is 1. The molecule has 0 saturated carbocycles. The zero-order chi connectivity index (χ0) is 24.9. The van der Waals surface area contributed by atoms with Gasteiger partial charge in [0, 0.05) is 0 Å². The molecule has 0 N–H and O–H groups in total. The van der Waals surface area contributed by atoms with Gasteiger partial charge >= 0.3 is 214 Å². The number of hydrogen-bond acceptors (Lipinski definition) is 2. The molecule has 0 saturated heterocycles. The summed E-state index contributed by atoms with van der Waals surface area (Å²) in [5.74, 6) is -0.305. The number of carbonyl (C=O) groups is 1. The molecule has 5 aromatic carbocycles. The van der Waals surface area contributed by atoms with Crippen LogP contribution >= 0.6 is 0 Å². The Hall–Kier alpha value is -4.12. The second-order valence-electron chi connectivity index (χ2n) is 8.50. The molecule has 0 bridgehead atoms. The predicted octanol–water partition coefficient (Wildman–Crippen LogP) is 4.14. The zero-order valence-electron chi connectivity index (χ0n) is 19.7. The summed E-state index contributed by atoms with van der Waals surface area (Å²) >= 11 is -5.38. The molecule has 5 aromatic rings. The van der Waals surface area contributed by atoms with Crippen LogP contribution in [-0.2, 0) is 0 Å². The Morgan fingerprint density at radius 3 is 1.06 bits per heavy atom. The van der Waals surface area contributed by atoms with Gasteiger partial charge in [-0.05, 0) is 0 Å². The van der Waals surface area contributed by atoms with Gasteiger partial charge in [-0.25, -0.2) is 0 Å². The van der Waals surface area contributed by atoms with Gasteiger partial charge in [0.2, 0.25) is 0 Å². The van der Waals surface area contributed by atoms with Gasteiger partial charge in [0.1, 0.15) is 0 Å². The molecule has 174 valence electrons. The second-order valence-corrected chi connectivity index (χ2v) is 21.6. The fraction of sp³-hybridized carbons (Fsp3) is 0. The van der Waals surface area contributed by atoms with E-state index in [-0.39, 0.29) is 5.91 Å². The monoisotopic (exact) mass is 574 g/mol. The van der Waals surface area contributed by atoms with Gasteiger partial charge in [-0.1, -0.05) is 0 Å². The molecule has 1 amide bonds. The van der Waals surface area contributed by atoms with Crippen molar-refractivity contribution in [2.45, 2.75) is 0 Å². The van der Waals surface area contributed by atoms with E-state index < -0.39 is 17.7 Å². The minimum absolute atomic E-state index is 0.305. The summed E-state index contributed by atoms with van der Waals surface area (Å²) in [7, 11) is 0. The van der Waals surface area contributed by atoms with Crippen molar-refractivity contribution in [1.29, 1.82) is 5.26 Å². The Morgan fingerprint density at radius 1 is 0.500 bits per heavy atom. The third kappa shape index (κ3) is 3.38. The molecule has 0 aromatic heterocycles. The van der Waals surface area contributed by atoms with Crippen LogP contribution in [0, 0.1) is 11.5 Å². The average Bonchev–Trinajstić information content (AvgIpc) is 2.98. The van der Waals surface area contributed by atoms with Crippen molar-refractivity contribution in [2.24, 2.45) is 0 Å². The van der Waals surface area contributed by atoms with Crippen molar-refractivity contribution in [2.75, 3.05) is 0 Å². The predicted molar refractivity (Wildman–Crippen MR) is 148 cm³/mol. The first-order chi connectivity index (χ1) is 17.7. The van der Waals surface area contributed by atoms with Crippen molar-refractivity contribution in [1.82, 2.24) is 3.06 Å². The number of hydrogen-bond donors (Lipinski definition) is 0. The first kappa shape index (κ1) is 23.6. The van der Waals surface area contributed by atoms with Crippen LogP contribution in [0.15, 0.2) is 152 Å². The van der Waals surface area contributed by atoms with Crippen LogP contribution < -0.4 is 14.0 Å². The van der Waals surface area contributed by atoms with Gasteiger partial charge < -0.3 is 0 Å². The van der Waals surface area contributed by atoms with Crippen molar-refractivity contribution >= 4 is 37.6 Å². The SMILES string of the molecule is N#C[N](C(=O)c1ccccc1)[Sb]([c]1ccccc1)([c]1ccccc1)([c]1ccccc1)[c]1ccccc1. The molecule has 5 rings (SSSR count). The van der Waals surface area contributed by atoms with Gasteiger partial charge in [0.05, 0.1) is 0 Å². The number of amides is 1. The van der Waals surface area contributed by atoms with Crippen LogP contribution in [-0.4, -0.2) is 26.6 Å². The van der Waals surface area contributed by atoms with E-state index in [9.17, 15) is 10.1 Å². The van der Waals surface area contributed by atoms with E-state index in [1.807, 2.05) is 91.0 Å². The van der Waals surface area contributed by atoms with Gasteiger partial charge in [-0.15, -0.1) is 0 Å². The van der Waals surface area contributed by atoms with Crippen molar-refractivity contribution in [3.05, 3.63) is 157 Å². The Kier molecular flexibility index (Phi) is 6.47. The molecule has 0 radical (unpaired) electrons. The zero-order valence-corrected chi connectivity index (χ0v) is 22.2. The van der Waals surface area contributed by atoms with E-state index in [1.165, 1.54) is 0 Å². The maximum absolute atomic E-state index is 14.5. The van der Waals surface area contributed by atoms with Crippen LogP contribution in [0.5, 0.6) is 0 Å². The molecule has 0 fully saturated rings. The third-order valence-electron chi connectivity index (χ3n) is 6.74. The molecule has 0 atom stereocenters. The maximum atomic E-state index is 14.5. The molecule has 0 aliphatic carbocycles. The number of benzene rings is 5. The Balaban J connectivity index is 2.08. The molecule has 3 nitrogen and oxygen atoms in total. The van der Waals surface area contributed by atoms with Crippen LogP contribution in [0.3, 0.4) is 0 Å². The van der Waals surface area contributed by atoms with Gasteiger partial charge in [-0.3, -0.25) is 0 Å². The molecule has 0 heterocycles. The number of nitrogens with zero attached hydrogens (tertiary/aromatic N) is 2. The summed E-state index contributed by atoms with van der Waals surface area (Å²) in [6, 6.07) is 49.6. The molecular weight excluding hydrogens is 550 g/mol. The van der Waals surface area contributed by atoms with Crippen LogP contribution in [0.25, 0.3) is 0 Å². The van der Waals surface area contributed by atoms with Gasteiger partial charge in [-0.2, -0.15) is 0 Å². The molecule has 4 heteroatoms. The average molecular weight is 575 g/mol. The summed E-state index contributed by atoms with van der Waals surface area (Å²) < 4.78 is 5.50. The van der Waals surface area contributed by atoms with Gasteiger partial charge in [0.25, 0.3) is 0 Å². The molecular formula is C32H25N2OSb. The quantitative estimate of drug-likeness (QED) is 0.174. The summed E-state index contributed by atoms with van der Waals surface area (Å²) in [6.45, 7) is 0. The first-order valence-electron chi connectivity index (χ1n) is 11.8. The van der Waals surface area contributed by atoms with Crippen LogP contribution in [0.2, 0.25) is 0 Å². The molecule has 0 aliphatic rings. The fourth-order valence-electron chi connectivity index (χ4n) is 5.25. The van der Waals surface area contributed by atoms with Crippen molar-refractivity contribution in [3.8, 4) is 6.19 Å². The Labute approximate surface area is 213 Å². The normalized spacial score (nSPS) is 12.0. The van der Waals surface area contributed by atoms with E-state index in [4.69, 9.17) is 0 Å². The second kappa shape index (κ2) is 9.86. The first-order valence-corrected chi connectivity index (χ1v) is 18.0. The standard InChI is InChI=1S/C8H6N2O.4C6H5.Sb/c9-6-10-8(11)7-4-2-1-3-5-7;4*1-2-4-6-5-3-1;/h1-5H,(H,10,11);4*1-5H;/q;;;;;+1/p-1. The minimum atomic E-state index is -5.38. The summed E-state index contributed by atoms with van der Waals surface area (Å²) in [5.41, 5.74) is 0.482. The van der Waals surface area contributed by atoms with E-state index >= 15 is 0 Å². The Morgan fingerprint density at radius 2 is 0.778 bits per heavy atom. The van der Waals surface area contributed by atoms with E-state index in [1.54, 1.807) is 15.2 Å². The molecule has 36 heavy (non-hydrogen) atoms. The topological polar surface area (TPSA) is 44.1 Å². The van der Waals surface area contributed by atoms with E-state index in [0.717, 1.165) is 14.0 Å². The fourth-order valence-corrected chi connectivity index (χ4v) is 23.5. The van der Waals surface area contributed by atoms with Gasteiger partial charge in [0.15, 0.2) is 0 Å². The van der Waals surface area contributed by atoms with E-state index in [2.05, 4.69) is 54.7 Å². The third-order valence-corrected chi connectivity index (χ3v) is 24.7. The summed E-state index contributed by atoms with van der Waals surface area (Å²) in [5, 5.41) is 11.0. The van der Waals surface area contributed by atoms with E-state index in [0.29, 0.717) is 5.56 Å².